The molecule has 0 radical (unpaired) electrons. The Morgan fingerprint density at radius 3 is 2.58 bits per heavy atom. The highest BCUT2D eigenvalue weighted by molar-refractivity contribution is 7.15. The third-order valence-electron chi connectivity index (χ3n) is 3.70. The number of fused-ring (bicyclic) bond motifs is 1. The first-order valence-electron chi connectivity index (χ1n) is 8.24. The second-order valence-corrected chi connectivity index (χ2v) is 7.19. The quantitative estimate of drug-likeness (QED) is 0.554. The molecule has 0 bridgehead atoms. The summed E-state index contributed by atoms with van der Waals surface area (Å²) in [5, 5.41) is 4.35. The van der Waals surface area contributed by atoms with Crippen LogP contribution in [0.15, 0.2) is 45.6 Å². The highest BCUT2D eigenvalue weighted by Gasteiger charge is 2.12. The van der Waals surface area contributed by atoms with Crippen molar-refractivity contribution in [1.29, 1.82) is 0 Å². The Bertz CT molecular complexity index is 1170. The molecule has 6 nitrogen and oxygen atoms in total. The normalized spacial score (nSPS) is 12.4. The van der Waals surface area contributed by atoms with Gasteiger partial charge in [-0.3, -0.25) is 4.79 Å². The highest BCUT2D eigenvalue weighted by atomic mass is 32.1. The number of benzene rings is 1. The van der Waals surface area contributed by atoms with E-state index in [9.17, 15) is 4.79 Å². The van der Waals surface area contributed by atoms with Crippen LogP contribution >= 0.6 is 11.3 Å². The summed E-state index contributed by atoms with van der Waals surface area (Å²) in [5.41, 5.74) is 0.640. The Morgan fingerprint density at radius 1 is 1.19 bits per heavy atom. The van der Waals surface area contributed by atoms with Crippen LogP contribution in [0.1, 0.15) is 25.4 Å². The van der Waals surface area contributed by atoms with Crippen LogP contribution in [0.3, 0.4) is 0 Å². The van der Waals surface area contributed by atoms with Crippen molar-refractivity contribution in [2.45, 2.75) is 26.9 Å². The van der Waals surface area contributed by atoms with Crippen LogP contribution in [0.25, 0.3) is 22.4 Å². The molecule has 0 N–H and O–H groups in total. The van der Waals surface area contributed by atoms with Crippen molar-refractivity contribution < 1.29 is 9.15 Å². The van der Waals surface area contributed by atoms with Crippen molar-refractivity contribution in [3.63, 3.8) is 0 Å². The van der Waals surface area contributed by atoms with Crippen LogP contribution in [-0.4, -0.2) is 20.7 Å². The molecule has 26 heavy (non-hydrogen) atoms. The first kappa shape index (κ1) is 16.5. The zero-order chi connectivity index (χ0) is 18.3. The standard InChI is InChI=1S/C19H17N3O3S/c1-11(2)24-14-8-5-13(6-9-14)17-20-19-22(21-17)18(23)16(26-19)10-15-7-4-12(3)25-15/h4-11H,1-3H3. The molecule has 0 unspecified atom stereocenters. The number of furan rings is 1. The van der Waals surface area contributed by atoms with E-state index in [1.165, 1.54) is 15.9 Å². The number of thiazole rings is 1. The average Bonchev–Trinajstić information content (AvgIpc) is 3.26. The van der Waals surface area contributed by atoms with Crippen LogP contribution in [0.2, 0.25) is 0 Å². The summed E-state index contributed by atoms with van der Waals surface area (Å²) in [6.45, 7) is 5.82. The van der Waals surface area contributed by atoms with Gasteiger partial charge in [-0.15, -0.1) is 5.10 Å². The lowest BCUT2D eigenvalue weighted by Crippen LogP contribution is -2.23. The van der Waals surface area contributed by atoms with Crippen molar-refractivity contribution >= 4 is 22.4 Å². The number of aromatic nitrogens is 3. The Hall–Kier alpha value is -2.93. The van der Waals surface area contributed by atoms with Crippen molar-refractivity contribution in [3.05, 3.63) is 62.8 Å². The van der Waals surface area contributed by atoms with Crippen LogP contribution in [0, 0.1) is 6.92 Å². The van der Waals surface area contributed by atoms with Crippen LogP contribution in [0.5, 0.6) is 5.75 Å². The van der Waals surface area contributed by atoms with E-state index in [4.69, 9.17) is 9.15 Å². The Balaban J connectivity index is 1.69. The Morgan fingerprint density at radius 2 is 1.96 bits per heavy atom. The van der Waals surface area contributed by atoms with Crippen molar-refractivity contribution in [1.82, 2.24) is 14.6 Å². The maximum Gasteiger partial charge on any atom is 0.291 e. The summed E-state index contributed by atoms with van der Waals surface area (Å²) in [6, 6.07) is 11.2. The van der Waals surface area contributed by atoms with Crippen LogP contribution < -0.4 is 14.8 Å². The summed E-state index contributed by atoms with van der Waals surface area (Å²) >= 11 is 1.29. The molecule has 0 aliphatic carbocycles. The van der Waals surface area contributed by atoms with Crippen LogP contribution in [-0.2, 0) is 0 Å². The van der Waals surface area contributed by atoms with Gasteiger partial charge in [-0.1, -0.05) is 11.3 Å². The Kier molecular flexibility index (Phi) is 4.08. The molecule has 0 spiro atoms. The third kappa shape index (κ3) is 3.13. The monoisotopic (exact) mass is 367 g/mol. The molecular weight excluding hydrogens is 350 g/mol. The smallest absolute Gasteiger partial charge is 0.291 e. The molecule has 0 fully saturated rings. The molecule has 0 atom stereocenters. The predicted molar refractivity (Wildman–Crippen MR) is 101 cm³/mol. The molecule has 3 heterocycles. The fourth-order valence-corrected chi connectivity index (χ4v) is 3.46. The number of rotatable bonds is 4. The summed E-state index contributed by atoms with van der Waals surface area (Å²) in [6.07, 6.45) is 1.83. The SMILES string of the molecule is Cc1ccc(C=c2sc3nc(-c4ccc(OC(C)C)cc4)nn3c2=O)o1. The Labute approximate surface area is 153 Å². The van der Waals surface area contributed by atoms with Gasteiger partial charge in [-0.25, -0.2) is 0 Å². The van der Waals surface area contributed by atoms with Gasteiger partial charge in [-0.05, 0) is 57.2 Å². The lowest BCUT2D eigenvalue weighted by atomic mass is 10.2. The topological polar surface area (TPSA) is 69.6 Å². The zero-order valence-corrected chi connectivity index (χ0v) is 15.4. The van der Waals surface area contributed by atoms with Crippen LogP contribution in [0.4, 0.5) is 0 Å². The second kappa shape index (κ2) is 6.42. The molecule has 7 heteroatoms. The van der Waals surface area contributed by atoms with E-state index < -0.39 is 0 Å². The molecule has 4 rings (SSSR count). The predicted octanol–water partition coefficient (Wildman–Crippen LogP) is 3.05. The number of aryl methyl sites for hydroxylation is 1. The number of hydrogen-bond acceptors (Lipinski definition) is 6. The third-order valence-corrected chi connectivity index (χ3v) is 4.66. The van der Waals surface area contributed by atoms with E-state index in [-0.39, 0.29) is 11.7 Å². The minimum absolute atomic E-state index is 0.118. The fraction of sp³-hybridized carbons (Fsp3) is 0.211. The largest absolute Gasteiger partial charge is 0.491 e. The minimum Gasteiger partial charge on any atom is -0.491 e. The lowest BCUT2D eigenvalue weighted by molar-refractivity contribution is 0.242. The molecule has 0 amide bonds. The van der Waals surface area contributed by atoms with Crippen molar-refractivity contribution in [2.75, 3.05) is 0 Å². The molecule has 132 valence electrons. The van der Waals surface area contributed by atoms with Gasteiger partial charge in [-0.2, -0.15) is 9.50 Å². The lowest BCUT2D eigenvalue weighted by Gasteiger charge is -2.09. The summed E-state index contributed by atoms with van der Waals surface area (Å²) in [4.78, 5) is 17.6. The summed E-state index contributed by atoms with van der Waals surface area (Å²) in [5.74, 6) is 2.75. The van der Waals surface area contributed by atoms with E-state index in [0.717, 1.165) is 17.1 Å². The van der Waals surface area contributed by atoms with E-state index in [0.29, 0.717) is 21.1 Å². The zero-order valence-electron chi connectivity index (χ0n) is 14.6. The molecule has 3 aromatic heterocycles. The molecule has 0 saturated carbocycles. The summed E-state index contributed by atoms with van der Waals surface area (Å²) < 4.78 is 13.0. The van der Waals surface area contributed by atoms with Gasteiger partial charge >= 0.3 is 0 Å². The van der Waals surface area contributed by atoms with E-state index in [1.807, 2.05) is 57.2 Å². The first-order chi connectivity index (χ1) is 12.5. The number of ether oxygens (including phenoxy) is 1. The second-order valence-electron chi connectivity index (χ2n) is 6.18. The molecule has 0 saturated heterocycles. The van der Waals surface area contributed by atoms with Crippen molar-refractivity contribution in [2.24, 2.45) is 0 Å². The fourth-order valence-electron chi connectivity index (χ4n) is 2.57. The van der Waals surface area contributed by atoms with Gasteiger partial charge in [0.1, 0.15) is 21.8 Å². The maximum atomic E-state index is 12.5. The average molecular weight is 367 g/mol. The molecule has 1 aromatic carbocycles. The van der Waals surface area contributed by atoms with Gasteiger partial charge in [0.05, 0.1) is 6.10 Å². The molecule has 0 aliphatic rings. The number of nitrogens with zero attached hydrogens (tertiary/aromatic N) is 3. The minimum atomic E-state index is -0.197. The highest BCUT2D eigenvalue weighted by Crippen LogP contribution is 2.21. The van der Waals surface area contributed by atoms with E-state index >= 15 is 0 Å². The van der Waals surface area contributed by atoms with E-state index in [2.05, 4.69) is 10.1 Å². The number of hydrogen-bond donors (Lipinski definition) is 0. The van der Waals surface area contributed by atoms with Gasteiger partial charge in [0, 0.05) is 11.6 Å². The van der Waals surface area contributed by atoms with Crippen molar-refractivity contribution in [3.8, 4) is 17.1 Å². The van der Waals surface area contributed by atoms with Gasteiger partial charge in [0.2, 0.25) is 4.96 Å². The summed E-state index contributed by atoms with van der Waals surface area (Å²) in [7, 11) is 0. The van der Waals surface area contributed by atoms with Gasteiger partial charge in [0.15, 0.2) is 5.82 Å². The first-order valence-corrected chi connectivity index (χ1v) is 9.06. The van der Waals surface area contributed by atoms with Gasteiger partial charge < -0.3 is 9.15 Å². The molecular formula is C19H17N3O3S. The van der Waals surface area contributed by atoms with Gasteiger partial charge in [0.25, 0.3) is 5.56 Å². The molecule has 4 aromatic rings. The van der Waals surface area contributed by atoms with E-state index in [1.54, 1.807) is 6.08 Å². The molecule has 0 aliphatic heterocycles. The maximum absolute atomic E-state index is 12.5.